The molecular formula is C22H19BrN2O4. The minimum atomic E-state index is -0.513. The van der Waals surface area contributed by atoms with Crippen molar-refractivity contribution in [1.82, 2.24) is 5.43 Å². The lowest BCUT2D eigenvalue weighted by Gasteiger charge is -2.12. The number of amides is 1. The third kappa shape index (κ3) is 4.75. The maximum absolute atomic E-state index is 12.4. The van der Waals surface area contributed by atoms with Crippen LogP contribution < -0.4 is 14.9 Å². The monoisotopic (exact) mass is 454 g/mol. The van der Waals surface area contributed by atoms with Crippen molar-refractivity contribution < 1.29 is 19.4 Å². The largest absolute Gasteiger partial charge is 0.507 e. The topological polar surface area (TPSA) is 80.2 Å². The molecule has 3 rings (SSSR count). The van der Waals surface area contributed by atoms with Crippen LogP contribution in [-0.4, -0.2) is 30.9 Å². The lowest BCUT2D eigenvalue weighted by molar-refractivity contribution is 0.0952. The first-order valence-electron chi connectivity index (χ1n) is 8.70. The molecule has 0 aliphatic heterocycles. The molecule has 148 valence electrons. The molecule has 0 spiro atoms. The smallest absolute Gasteiger partial charge is 0.275 e. The van der Waals surface area contributed by atoms with Gasteiger partial charge in [-0.1, -0.05) is 36.9 Å². The van der Waals surface area contributed by atoms with Crippen LogP contribution in [0, 0.1) is 0 Å². The fraction of sp³-hybridized carbons (Fsp3) is 0.0909. The van der Waals surface area contributed by atoms with Crippen molar-refractivity contribution in [2.75, 3.05) is 13.7 Å². The van der Waals surface area contributed by atoms with Crippen molar-refractivity contribution in [2.24, 2.45) is 5.10 Å². The highest BCUT2D eigenvalue weighted by Gasteiger charge is 2.13. The molecule has 29 heavy (non-hydrogen) atoms. The van der Waals surface area contributed by atoms with Crippen molar-refractivity contribution in [1.29, 1.82) is 0 Å². The predicted octanol–water partition coefficient (Wildman–Crippen LogP) is 4.65. The lowest BCUT2D eigenvalue weighted by atomic mass is 10.1. The molecule has 3 aromatic carbocycles. The fourth-order valence-electron chi connectivity index (χ4n) is 2.73. The molecule has 2 N–H and O–H groups in total. The summed E-state index contributed by atoms with van der Waals surface area (Å²) in [6, 6.07) is 14.2. The summed E-state index contributed by atoms with van der Waals surface area (Å²) in [6.45, 7) is 3.96. The number of methoxy groups -OCH3 is 1. The van der Waals surface area contributed by atoms with Gasteiger partial charge in [0.25, 0.3) is 5.91 Å². The Balaban J connectivity index is 1.77. The SMILES string of the molecule is C=CCOc1c(Br)cc(C=NNC(=O)c2cc3ccccc3cc2O)cc1OC. The molecule has 0 saturated carbocycles. The summed E-state index contributed by atoms with van der Waals surface area (Å²) in [5.74, 6) is 0.446. The van der Waals surface area contributed by atoms with E-state index in [0.29, 0.717) is 28.1 Å². The zero-order chi connectivity index (χ0) is 20.8. The quantitative estimate of drug-likeness (QED) is 0.309. The summed E-state index contributed by atoms with van der Waals surface area (Å²) in [6.07, 6.45) is 3.11. The number of halogens is 1. The maximum Gasteiger partial charge on any atom is 0.275 e. The minimum Gasteiger partial charge on any atom is -0.507 e. The average molecular weight is 455 g/mol. The van der Waals surface area contributed by atoms with Gasteiger partial charge in [0.05, 0.1) is 23.4 Å². The van der Waals surface area contributed by atoms with Crippen molar-refractivity contribution >= 4 is 38.8 Å². The fourth-order valence-corrected chi connectivity index (χ4v) is 3.31. The van der Waals surface area contributed by atoms with Gasteiger partial charge in [0, 0.05) is 0 Å². The van der Waals surface area contributed by atoms with E-state index in [1.807, 2.05) is 24.3 Å². The van der Waals surface area contributed by atoms with E-state index in [9.17, 15) is 9.90 Å². The third-order valence-corrected chi connectivity index (χ3v) is 4.67. The number of hydrogen-bond donors (Lipinski definition) is 2. The van der Waals surface area contributed by atoms with Gasteiger partial charge in [-0.25, -0.2) is 5.43 Å². The molecule has 1 amide bonds. The van der Waals surface area contributed by atoms with Crippen LogP contribution in [0.3, 0.4) is 0 Å². The van der Waals surface area contributed by atoms with Gasteiger partial charge in [0.1, 0.15) is 12.4 Å². The highest BCUT2D eigenvalue weighted by Crippen LogP contribution is 2.36. The van der Waals surface area contributed by atoms with Crippen molar-refractivity contribution in [2.45, 2.75) is 0 Å². The van der Waals surface area contributed by atoms with Gasteiger partial charge in [0.15, 0.2) is 11.5 Å². The summed E-state index contributed by atoms with van der Waals surface area (Å²) in [5.41, 5.74) is 3.26. The predicted molar refractivity (Wildman–Crippen MR) is 117 cm³/mol. The second kappa shape index (κ2) is 9.25. The van der Waals surface area contributed by atoms with Crippen LogP contribution in [0.4, 0.5) is 0 Å². The van der Waals surface area contributed by atoms with Crippen LogP contribution in [0.2, 0.25) is 0 Å². The van der Waals surface area contributed by atoms with E-state index >= 15 is 0 Å². The minimum absolute atomic E-state index is 0.107. The number of hydrogen-bond acceptors (Lipinski definition) is 5. The van der Waals surface area contributed by atoms with Crippen LogP contribution in [0.5, 0.6) is 17.2 Å². The van der Waals surface area contributed by atoms with Gasteiger partial charge >= 0.3 is 0 Å². The van der Waals surface area contributed by atoms with Crippen LogP contribution in [0.15, 0.2) is 70.8 Å². The normalized spacial score (nSPS) is 10.8. The van der Waals surface area contributed by atoms with Gasteiger partial charge in [0.2, 0.25) is 0 Å². The number of rotatable bonds is 7. The number of hydrazone groups is 1. The first-order valence-corrected chi connectivity index (χ1v) is 9.49. The Morgan fingerprint density at radius 1 is 1.24 bits per heavy atom. The van der Waals surface area contributed by atoms with Crippen LogP contribution >= 0.6 is 15.9 Å². The van der Waals surface area contributed by atoms with Gasteiger partial charge in [-0.15, -0.1) is 0 Å². The van der Waals surface area contributed by atoms with E-state index in [-0.39, 0.29) is 11.3 Å². The van der Waals surface area contributed by atoms with E-state index in [4.69, 9.17) is 9.47 Å². The van der Waals surface area contributed by atoms with E-state index in [2.05, 4.69) is 33.0 Å². The zero-order valence-corrected chi connectivity index (χ0v) is 17.3. The van der Waals surface area contributed by atoms with E-state index in [1.165, 1.54) is 13.3 Å². The molecule has 0 aliphatic carbocycles. The summed E-state index contributed by atoms with van der Waals surface area (Å²) >= 11 is 3.44. The number of nitrogens with zero attached hydrogens (tertiary/aromatic N) is 1. The Labute approximate surface area is 176 Å². The zero-order valence-electron chi connectivity index (χ0n) is 15.7. The summed E-state index contributed by atoms with van der Waals surface area (Å²) in [4.78, 5) is 12.4. The molecule has 3 aromatic rings. The average Bonchev–Trinajstić information content (AvgIpc) is 2.72. The molecule has 7 heteroatoms. The maximum atomic E-state index is 12.4. The summed E-state index contributed by atoms with van der Waals surface area (Å²) in [7, 11) is 1.54. The molecule has 0 unspecified atom stereocenters. The molecule has 0 radical (unpaired) electrons. The van der Waals surface area contributed by atoms with Crippen molar-refractivity contribution in [3.8, 4) is 17.2 Å². The number of carbonyl (C=O) groups excluding carboxylic acids is 1. The number of carbonyl (C=O) groups is 1. The highest BCUT2D eigenvalue weighted by molar-refractivity contribution is 9.10. The number of fused-ring (bicyclic) bond motifs is 1. The Bertz CT molecular complexity index is 1100. The number of aromatic hydroxyl groups is 1. The van der Waals surface area contributed by atoms with E-state index in [0.717, 1.165) is 10.8 Å². The number of phenolic OH excluding ortho intramolecular Hbond substituents is 1. The van der Waals surface area contributed by atoms with Gasteiger partial charge in [-0.2, -0.15) is 5.10 Å². The van der Waals surface area contributed by atoms with Gasteiger partial charge in [-0.3, -0.25) is 4.79 Å². The Morgan fingerprint density at radius 3 is 2.66 bits per heavy atom. The number of phenols is 1. The highest BCUT2D eigenvalue weighted by atomic mass is 79.9. The molecule has 0 fully saturated rings. The van der Waals surface area contributed by atoms with Crippen LogP contribution in [0.1, 0.15) is 15.9 Å². The molecule has 0 heterocycles. The molecule has 0 aromatic heterocycles. The molecule has 0 aliphatic rings. The Hall–Kier alpha value is -3.32. The number of nitrogens with one attached hydrogen (secondary N) is 1. The van der Waals surface area contributed by atoms with Crippen LogP contribution in [0.25, 0.3) is 10.8 Å². The lowest BCUT2D eigenvalue weighted by Crippen LogP contribution is -2.17. The van der Waals surface area contributed by atoms with Crippen molar-refractivity contribution in [3.05, 3.63) is 76.8 Å². The first kappa shape index (κ1) is 20.4. The second-order valence-electron chi connectivity index (χ2n) is 6.05. The molecule has 0 bridgehead atoms. The van der Waals surface area contributed by atoms with E-state index < -0.39 is 5.91 Å². The molecule has 0 saturated heterocycles. The first-order chi connectivity index (χ1) is 14.0. The van der Waals surface area contributed by atoms with E-state index in [1.54, 1.807) is 30.3 Å². The van der Waals surface area contributed by atoms with Crippen molar-refractivity contribution in [3.63, 3.8) is 0 Å². The summed E-state index contributed by atoms with van der Waals surface area (Å²) in [5, 5.41) is 15.8. The standard InChI is InChI=1S/C22H19BrN2O4/c1-3-8-29-21-18(23)9-14(10-20(21)28-2)13-24-25-22(27)17-11-15-6-4-5-7-16(15)12-19(17)26/h3-7,9-13,26H,1,8H2,2H3,(H,25,27). The number of ether oxygens (including phenoxy) is 2. The van der Waals surface area contributed by atoms with Crippen LogP contribution in [-0.2, 0) is 0 Å². The van der Waals surface area contributed by atoms with Gasteiger partial charge < -0.3 is 14.6 Å². The summed E-state index contributed by atoms with van der Waals surface area (Å²) < 4.78 is 11.6. The third-order valence-electron chi connectivity index (χ3n) is 4.09. The second-order valence-corrected chi connectivity index (χ2v) is 6.90. The van der Waals surface area contributed by atoms with Gasteiger partial charge in [-0.05, 0) is 56.5 Å². The molecule has 6 nitrogen and oxygen atoms in total. The number of benzene rings is 3. The Morgan fingerprint density at radius 2 is 1.97 bits per heavy atom. The molecule has 0 atom stereocenters. The molecular weight excluding hydrogens is 436 g/mol. The Kier molecular flexibility index (Phi) is 6.51.